The maximum Gasteiger partial charge on any atom is 0.253 e. The summed E-state index contributed by atoms with van der Waals surface area (Å²) in [6, 6.07) is 7.22. The van der Waals surface area contributed by atoms with Gasteiger partial charge in [0.1, 0.15) is 10.3 Å². The first-order chi connectivity index (χ1) is 11.9. The predicted octanol–water partition coefficient (Wildman–Crippen LogP) is 4.24. The summed E-state index contributed by atoms with van der Waals surface area (Å²) in [5, 5.41) is 5.20. The molecule has 1 unspecified atom stereocenters. The van der Waals surface area contributed by atoms with Crippen LogP contribution in [-0.4, -0.2) is 31.2 Å². The summed E-state index contributed by atoms with van der Waals surface area (Å²) in [7, 11) is -3.69. The van der Waals surface area contributed by atoms with Crippen LogP contribution in [0.5, 0.6) is 0 Å². The average Bonchev–Trinajstić information content (AvgIpc) is 3.13. The Bertz CT molecular complexity index is 870. The van der Waals surface area contributed by atoms with Gasteiger partial charge in [0.15, 0.2) is 0 Å². The average molecular weight is 419 g/mol. The van der Waals surface area contributed by atoms with Crippen LogP contribution in [0, 0.1) is 0 Å². The van der Waals surface area contributed by atoms with Crippen LogP contribution in [0.3, 0.4) is 0 Å². The molecule has 1 aliphatic heterocycles. The first-order valence-electron chi connectivity index (χ1n) is 7.71. The lowest BCUT2D eigenvalue weighted by Gasteiger charge is -2.33. The molecule has 0 bridgehead atoms. The zero-order valence-corrected chi connectivity index (χ0v) is 16.3. The van der Waals surface area contributed by atoms with Crippen LogP contribution in [0.4, 0.5) is 5.69 Å². The van der Waals surface area contributed by atoms with Crippen molar-refractivity contribution in [2.24, 2.45) is 0 Å². The molecule has 9 heteroatoms. The molecule has 0 radical (unpaired) electrons. The lowest BCUT2D eigenvalue weighted by molar-refractivity contribution is -0.120. The molecule has 25 heavy (non-hydrogen) atoms. The number of sulfonamides is 1. The molecule has 134 valence electrons. The van der Waals surface area contributed by atoms with Gasteiger partial charge in [0.25, 0.3) is 10.0 Å². The Labute approximate surface area is 160 Å². The van der Waals surface area contributed by atoms with Crippen molar-refractivity contribution in [1.82, 2.24) is 4.31 Å². The highest BCUT2D eigenvalue weighted by atomic mass is 35.5. The number of anilines is 1. The Morgan fingerprint density at radius 2 is 2.04 bits per heavy atom. The number of hydrogen-bond donors (Lipinski definition) is 1. The van der Waals surface area contributed by atoms with E-state index < -0.39 is 22.0 Å². The van der Waals surface area contributed by atoms with E-state index in [0.717, 1.165) is 24.2 Å². The first kappa shape index (κ1) is 18.7. The normalized spacial score (nSPS) is 18.9. The third kappa shape index (κ3) is 4.01. The molecule has 0 saturated carbocycles. The largest absolute Gasteiger partial charge is 0.323 e. The number of hydrogen-bond acceptors (Lipinski definition) is 4. The molecule has 1 saturated heterocycles. The summed E-state index contributed by atoms with van der Waals surface area (Å²) in [5.41, 5.74) is 0.373. The highest BCUT2D eigenvalue weighted by molar-refractivity contribution is 7.91. The molecule has 1 amide bonds. The van der Waals surface area contributed by atoms with E-state index in [-0.39, 0.29) is 4.21 Å². The summed E-state index contributed by atoms with van der Waals surface area (Å²) < 4.78 is 27.2. The molecule has 1 aromatic heterocycles. The van der Waals surface area contributed by atoms with E-state index in [9.17, 15) is 13.2 Å². The number of carbonyl (C=O) groups excluding carboxylic acids is 1. The highest BCUT2D eigenvalue weighted by Gasteiger charge is 2.38. The van der Waals surface area contributed by atoms with Gasteiger partial charge in [0.05, 0.1) is 10.7 Å². The first-order valence-corrected chi connectivity index (χ1v) is 10.8. The maximum absolute atomic E-state index is 12.8. The summed E-state index contributed by atoms with van der Waals surface area (Å²) in [5.74, 6) is -0.399. The number of thiophene rings is 1. The van der Waals surface area contributed by atoms with E-state index in [1.807, 2.05) is 0 Å². The van der Waals surface area contributed by atoms with Crippen LogP contribution >= 0.6 is 34.5 Å². The molecule has 2 aromatic rings. The van der Waals surface area contributed by atoms with Crippen LogP contribution in [0.2, 0.25) is 10.0 Å². The van der Waals surface area contributed by atoms with Crippen LogP contribution < -0.4 is 5.32 Å². The Kier molecular flexibility index (Phi) is 5.70. The number of benzene rings is 1. The van der Waals surface area contributed by atoms with Gasteiger partial charge in [-0.1, -0.05) is 35.7 Å². The van der Waals surface area contributed by atoms with Crippen LogP contribution in [0.25, 0.3) is 0 Å². The van der Waals surface area contributed by atoms with E-state index >= 15 is 0 Å². The molecule has 1 aromatic carbocycles. The lowest BCUT2D eigenvalue weighted by Crippen LogP contribution is -2.49. The van der Waals surface area contributed by atoms with Gasteiger partial charge in [-0.15, -0.1) is 11.3 Å². The van der Waals surface area contributed by atoms with E-state index in [1.54, 1.807) is 35.7 Å². The molecule has 1 atom stereocenters. The number of nitrogens with zero attached hydrogens (tertiary/aromatic N) is 1. The predicted molar refractivity (Wildman–Crippen MR) is 101 cm³/mol. The molecule has 5 nitrogen and oxygen atoms in total. The van der Waals surface area contributed by atoms with E-state index in [1.165, 1.54) is 4.31 Å². The fourth-order valence-electron chi connectivity index (χ4n) is 2.79. The standard InChI is InChI=1S/C16H16Cl2N2O3S2/c17-11-6-7-12(18)13(10-11)19-16(21)14-4-1-2-8-20(14)25(22,23)15-5-3-9-24-15/h3,5-7,9-10,14H,1-2,4,8H2,(H,19,21). The molecule has 0 aliphatic carbocycles. The molecule has 0 spiro atoms. The molecule has 1 fully saturated rings. The third-order valence-corrected chi connectivity index (χ3v) is 7.85. The quantitative estimate of drug-likeness (QED) is 0.806. The Balaban J connectivity index is 1.86. The SMILES string of the molecule is O=C(Nc1cc(Cl)ccc1Cl)C1CCCCN1S(=O)(=O)c1cccs1. The summed E-state index contributed by atoms with van der Waals surface area (Å²) in [6.07, 6.45) is 1.98. The lowest BCUT2D eigenvalue weighted by atomic mass is 10.0. The fraction of sp³-hybridized carbons (Fsp3) is 0.312. The monoisotopic (exact) mass is 418 g/mol. The number of rotatable bonds is 4. The molecule has 1 aliphatic rings. The minimum absolute atomic E-state index is 0.244. The zero-order chi connectivity index (χ0) is 18.0. The van der Waals surface area contributed by atoms with Crippen LogP contribution in [0.1, 0.15) is 19.3 Å². The summed E-state index contributed by atoms with van der Waals surface area (Å²) in [6.45, 7) is 0.321. The smallest absolute Gasteiger partial charge is 0.253 e. The van der Waals surface area contributed by atoms with Gasteiger partial charge >= 0.3 is 0 Å². The Morgan fingerprint density at radius 1 is 1.24 bits per heavy atom. The summed E-state index contributed by atoms with van der Waals surface area (Å²) in [4.78, 5) is 12.7. The van der Waals surface area contributed by atoms with E-state index in [4.69, 9.17) is 23.2 Å². The Morgan fingerprint density at radius 3 is 2.76 bits per heavy atom. The fourth-order valence-corrected chi connectivity index (χ4v) is 5.90. The number of carbonyl (C=O) groups is 1. The van der Waals surface area contributed by atoms with E-state index in [0.29, 0.717) is 28.7 Å². The summed E-state index contributed by atoms with van der Waals surface area (Å²) >= 11 is 13.2. The van der Waals surface area contributed by atoms with Gasteiger partial charge in [0, 0.05) is 11.6 Å². The zero-order valence-electron chi connectivity index (χ0n) is 13.1. The van der Waals surface area contributed by atoms with Crippen molar-refractivity contribution >= 4 is 56.2 Å². The van der Waals surface area contributed by atoms with Crippen molar-refractivity contribution in [2.75, 3.05) is 11.9 Å². The maximum atomic E-state index is 12.8. The van der Waals surface area contributed by atoms with Gasteiger partial charge in [-0.25, -0.2) is 8.42 Å². The van der Waals surface area contributed by atoms with Gasteiger partial charge in [0.2, 0.25) is 5.91 Å². The molecule has 1 N–H and O–H groups in total. The van der Waals surface area contributed by atoms with Crippen molar-refractivity contribution in [1.29, 1.82) is 0 Å². The molecular weight excluding hydrogens is 403 g/mol. The van der Waals surface area contributed by atoms with Crippen molar-refractivity contribution in [2.45, 2.75) is 29.5 Å². The van der Waals surface area contributed by atoms with Crippen molar-refractivity contribution in [3.8, 4) is 0 Å². The minimum atomic E-state index is -3.69. The number of amides is 1. The Hall–Kier alpha value is -1.12. The highest BCUT2D eigenvalue weighted by Crippen LogP contribution is 2.30. The van der Waals surface area contributed by atoms with Crippen molar-refractivity contribution < 1.29 is 13.2 Å². The minimum Gasteiger partial charge on any atom is -0.323 e. The second-order valence-electron chi connectivity index (χ2n) is 5.67. The second kappa shape index (κ2) is 7.63. The third-order valence-electron chi connectivity index (χ3n) is 4.00. The molecule has 3 rings (SSSR count). The van der Waals surface area contributed by atoms with Gasteiger partial charge in [-0.05, 0) is 42.5 Å². The van der Waals surface area contributed by atoms with Crippen LogP contribution in [0.15, 0.2) is 39.9 Å². The number of halogens is 2. The molecular formula is C16H16Cl2N2O3S2. The van der Waals surface area contributed by atoms with Crippen molar-refractivity contribution in [3.05, 3.63) is 45.8 Å². The molecule has 2 heterocycles. The topological polar surface area (TPSA) is 66.5 Å². The van der Waals surface area contributed by atoms with Gasteiger partial charge < -0.3 is 5.32 Å². The van der Waals surface area contributed by atoms with Crippen molar-refractivity contribution in [3.63, 3.8) is 0 Å². The number of nitrogens with one attached hydrogen (secondary N) is 1. The van der Waals surface area contributed by atoms with Gasteiger partial charge in [-0.3, -0.25) is 4.79 Å². The second-order valence-corrected chi connectivity index (χ2v) is 9.58. The number of piperidine rings is 1. The van der Waals surface area contributed by atoms with Gasteiger partial charge in [-0.2, -0.15) is 4.31 Å². The van der Waals surface area contributed by atoms with E-state index in [2.05, 4.69) is 5.32 Å². The van der Waals surface area contributed by atoms with Crippen LogP contribution in [-0.2, 0) is 14.8 Å².